The number of carboxylic acids is 1. The Morgan fingerprint density at radius 1 is 0.846 bits per heavy atom. The molecule has 0 heterocycles. The summed E-state index contributed by atoms with van der Waals surface area (Å²) >= 11 is 0. The molecule has 146 valence electrons. The van der Waals surface area contributed by atoms with Crippen molar-refractivity contribution in [2.24, 2.45) is 0 Å². The zero-order valence-electron chi connectivity index (χ0n) is 15.8. The maximum Gasteiger partial charge on any atom is 0.303 e. The SMILES string of the molecule is CC/C=C\C[C@H](O)/C=C/C=C\C/C=C\C=C\[C@@H](O)CCCCCC(=O)O. The molecule has 0 fully saturated rings. The van der Waals surface area contributed by atoms with E-state index in [-0.39, 0.29) is 6.42 Å². The molecule has 4 nitrogen and oxygen atoms in total. The fourth-order valence-corrected chi connectivity index (χ4v) is 2.16. The van der Waals surface area contributed by atoms with Crippen LogP contribution in [0.4, 0.5) is 0 Å². The second-order valence-electron chi connectivity index (χ2n) is 6.10. The first-order valence-electron chi connectivity index (χ1n) is 9.45. The third-order valence-corrected chi connectivity index (χ3v) is 3.60. The molecule has 0 amide bonds. The molecule has 0 aromatic heterocycles. The number of aliphatic hydroxyl groups excluding tert-OH is 2. The standard InChI is InChI=1S/C22H34O4/c1-2-3-10-15-20(23)16-11-7-5-4-6-8-12-17-21(24)18-13-9-14-19-22(25)26/h3,5-8,10-12,16-17,20-21,23-24H,2,4,9,13-15,18-19H2,1H3,(H,25,26)/b7-5-,8-6-,10-3-,16-11+,17-12+/t20-,21+/m0/s1. The minimum Gasteiger partial charge on any atom is -0.481 e. The van der Waals surface area contributed by atoms with E-state index in [0.717, 1.165) is 25.7 Å². The van der Waals surface area contributed by atoms with Gasteiger partial charge in [0.25, 0.3) is 0 Å². The topological polar surface area (TPSA) is 77.8 Å². The van der Waals surface area contributed by atoms with E-state index in [9.17, 15) is 15.0 Å². The van der Waals surface area contributed by atoms with E-state index >= 15 is 0 Å². The molecule has 0 rings (SSSR count). The van der Waals surface area contributed by atoms with Crippen LogP contribution in [0.1, 0.15) is 58.3 Å². The summed E-state index contributed by atoms with van der Waals surface area (Å²) in [6, 6.07) is 0. The summed E-state index contributed by atoms with van der Waals surface area (Å²) in [5, 5.41) is 28.0. The second-order valence-corrected chi connectivity index (χ2v) is 6.10. The summed E-state index contributed by atoms with van der Waals surface area (Å²) in [4.78, 5) is 10.4. The third-order valence-electron chi connectivity index (χ3n) is 3.60. The molecule has 0 bridgehead atoms. The summed E-state index contributed by atoms with van der Waals surface area (Å²) in [7, 11) is 0. The minimum absolute atomic E-state index is 0.201. The van der Waals surface area contributed by atoms with Crippen LogP contribution in [0.25, 0.3) is 0 Å². The average Bonchev–Trinajstić information content (AvgIpc) is 2.60. The van der Waals surface area contributed by atoms with Crippen LogP contribution in [-0.2, 0) is 4.79 Å². The van der Waals surface area contributed by atoms with E-state index in [2.05, 4.69) is 6.92 Å². The van der Waals surface area contributed by atoms with Crippen molar-refractivity contribution < 1.29 is 20.1 Å². The molecule has 0 aromatic carbocycles. The molecule has 26 heavy (non-hydrogen) atoms. The highest BCUT2D eigenvalue weighted by Crippen LogP contribution is 2.07. The fraction of sp³-hybridized carbons (Fsp3) is 0.500. The number of hydrogen-bond donors (Lipinski definition) is 3. The number of aliphatic hydroxyl groups is 2. The van der Waals surface area contributed by atoms with Gasteiger partial charge in [-0.1, -0.05) is 80.5 Å². The maximum absolute atomic E-state index is 10.4. The summed E-state index contributed by atoms with van der Waals surface area (Å²) in [5.74, 6) is -0.763. The van der Waals surface area contributed by atoms with Crippen molar-refractivity contribution in [2.45, 2.75) is 70.5 Å². The lowest BCUT2D eigenvalue weighted by atomic mass is 10.1. The van der Waals surface area contributed by atoms with Crippen LogP contribution < -0.4 is 0 Å². The number of unbranched alkanes of at least 4 members (excludes halogenated alkanes) is 2. The Morgan fingerprint density at radius 2 is 1.50 bits per heavy atom. The molecule has 4 heteroatoms. The monoisotopic (exact) mass is 362 g/mol. The molecule has 0 aliphatic rings. The molecule has 3 N–H and O–H groups in total. The number of allylic oxidation sites excluding steroid dienone is 7. The lowest BCUT2D eigenvalue weighted by Crippen LogP contribution is -2.01. The van der Waals surface area contributed by atoms with Gasteiger partial charge in [0, 0.05) is 6.42 Å². The van der Waals surface area contributed by atoms with Crippen molar-refractivity contribution in [3.05, 3.63) is 60.8 Å². The van der Waals surface area contributed by atoms with Gasteiger partial charge in [0.2, 0.25) is 0 Å². The first kappa shape index (κ1) is 24.1. The number of aliphatic carboxylic acids is 1. The van der Waals surface area contributed by atoms with Crippen LogP contribution in [0, 0.1) is 0 Å². The Hall–Kier alpha value is -1.91. The number of hydrogen-bond acceptors (Lipinski definition) is 3. The zero-order chi connectivity index (χ0) is 19.5. The quantitative estimate of drug-likeness (QED) is 0.224. The zero-order valence-corrected chi connectivity index (χ0v) is 15.8. The van der Waals surface area contributed by atoms with Gasteiger partial charge in [0.05, 0.1) is 12.2 Å². The number of carboxylic acid groups (broad SMARTS) is 1. The predicted molar refractivity (Wildman–Crippen MR) is 108 cm³/mol. The molecule has 0 unspecified atom stereocenters. The smallest absolute Gasteiger partial charge is 0.303 e. The summed E-state index contributed by atoms with van der Waals surface area (Å²) in [5.41, 5.74) is 0. The van der Waals surface area contributed by atoms with Gasteiger partial charge >= 0.3 is 5.97 Å². The van der Waals surface area contributed by atoms with Gasteiger partial charge in [-0.15, -0.1) is 0 Å². The fourth-order valence-electron chi connectivity index (χ4n) is 2.16. The molecule has 0 spiro atoms. The third kappa shape index (κ3) is 18.4. The van der Waals surface area contributed by atoms with Crippen LogP contribution in [-0.4, -0.2) is 33.5 Å². The van der Waals surface area contributed by atoms with Gasteiger partial charge in [-0.25, -0.2) is 0 Å². The van der Waals surface area contributed by atoms with Crippen molar-refractivity contribution in [1.82, 2.24) is 0 Å². The highest BCUT2D eigenvalue weighted by atomic mass is 16.4. The largest absolute Gasteiger partial charge is 0.481 e. The van der Waals surface area contributed by atoms with Crippen LogP contribution in [0.5, 0.6) is 0 Å². The van der Waals surface area contributed by atoms with E-state index in [1.165, 1.54) is 0 Å². The number of carbonyl (C=O) groups is 1. The highest BCUT2D eigenvalue weighted by Gasteiger charge is 2.00. The lowest BCUT2D eigenvalue weighted by Gasteiger charge is -2.03. The van der Waals surface area contributed by atoms with Crippen LogP contribution in [0.2, 0.25) is 0 Å². The second kappa shape index (κ2) is 17.9. The first-order valence-corrected chi connectivity index (χ1v) is 9.45. The van der Waals surface area contributed by atoms with E-state index in [1.807, 2.05) is 48.6 Å². The molecule has 0 saturated carbocycles. The van der Waals surface area contributed by atoms with E-state index in [1.54, 1.807) is 12.2 Å². The van der Waals surface area contributed by atoms with Crippen molar-refractivity contribution in [3.8, 4) is 0 Å². The van der Waals surface area contributed by atoms with Gasteiger partial charge in [-0.3, -0.25) is 4.79 Å². The van der Waals surface area contributed by atoms with Crippen LogP contribution in [0.15, 0.2) is 60.8 Å². The minimum atomic E-state index is -0.763. The normalized spacial score (nSPS) is 15.2. The highest BCUT2D eigenvalue weighted by molar-refractivity contribution is 5.66. The van der Waals surface area contributed by atoms with E-state index in [0.29, 0.717) is 19.3 Å². The predicted octanol–water partition coefficient (Wildman–Crippen LogP) is 4.71. The average molecular weight is 363 g/mol. The Balaban J connectivity index is 3.76. The van der Waals surface area contributed by atoms with Crippen molar-refractivity contribution in [1.29, 1.82) is 0 Å². The van der Waals surface area contributed by atoms with E-state index < -0.39 is 18.2 Å². The van der Waals surface area contributed by atoms with Gasteiger partial charge < -0.3 is 15.3 Å². The van der Waals surface area contributed by atoms with Crippen LogP contribution in [0.3, 0.4) is 0 Å². The first-order chi connectivity index (χ1) is 12.6. The Labute approximate surface area is 157 Å². The van der Waals surface area contributed by atoms with Crippen molar-refractivity contribution in [3.63, 3.8) is 0 Å². The molecule has 0 aromatic rings. The van der Waals surface area contributed by atoms with Crippen molar-refractivity contribution in [2.75, 3.05) is 0 Å². The Morgan fingerprint density at radius 3 is 2.12 bits per heavy atom. The molecule has 0 radical (unpaired) electrons. The van der Waals surface area contributed by atoms with Gasteiger partial charge in [-0.2, -0.15) is 0 Å². The molecular weight excluding hydrogens is 328 g/mol. The van der Waals surface area contributed by atoms with Crippen molar-refractivity contribution >= 4 is 5.97 Å². The maximum atomic E-state index is 10.4. The van der Waals surface area contributed by atoms with Gasteiger partial charge in [-0.05, 0) is 32.1 Å². The van der Waals surface area contributed by atoms with Crippen LogP contribution >= 0.6 is 0 Å². The Bertz CT molecular complexity index is 486. The number of rotatable bonds is 15. The summed E-state index contributed by atoms with van der Waals surface area (Å²) in [6.07, 6.45) is 23.7. The lowest BCUT2D eigenvalue weighted by molar-refractivity contribution is -0.137. The molecule has 0 saturated heterocycles. The molecular formula is C22H34O4. The van der Waals surface area contributed by atoms with E-state index in [4.69, 9.17) is 5.11 Å². The Kier molecular flexibility index (Phi) is 16.6. The van der Waals surface area contributed by atoms with Gasteiger partial charge in [0.1, 0.15) is 0 Å². The summed E-state index contributed by atoms with van der Waals surface area (Å²) in [6.45, 7) is 2.07. The van der Waals surface area contributed by atoms with Gasteiger partial charge in [0.15, 0.2) is 0 Å². The molecule has 2 atom stereocenters. The molecule has 0 aliphatic carbocycles. The summed E-state index contributed by atoms with van der Waals surface area (Å²) < 4.78 is 0. The molecule has 0 aliphatic heterocycles.